The van der Waals surface area contributed by atoms with E-state index in [0.29, 0.717) is 0 Å². The van der Waals surface area contributed by atoms with Crippen LogP contribution in [-0.2, 0) is 49.4 Å². The van der Waals surface area contributed by atoms with Crippen molar-refractivity contribution in [3.8, 4) is 22.3 Å². The Balaban J connectivity index is 0.000000373. The van der Waals surface area contributed by atoms with Crippen LogP contribution in [0.15, 0.2) is 315 Å². The molecule has 0 saturated carbocycles. The van der Waals surface area contributed by atoms with Crippen molar-refractivity contribution >= 4 is 68.2 Å². The lowest BCUT2D eigenvalue weighted by molar-refractivity contribution is 0.397. The van der Waals surface area contributed by atoms with Gasteiger partial charge in [-0.1, -0.05) is 363 Å². The quantitative estimate of drug-likeness (QED) is 0.0353. The first-order valence-electron chi connectivity index (χ1n) is 52.3. The van der Waals surface area contributed by atoms with E-state index < -0.39 is 5.41 Å². The van der Waals surface area contributed by atoms with Gasteiger partial charge in [0.2, 0.25) is 0 Å². The van der Waals surface area contributed by atoms with Gasteiger partial charge in [0.05, 0.1) is 5.41 Å². The molecule has 2 aliphatic carbocycles. The Hall–Kier alpha value is -11.7. The fourth-order valence-electron chi connectivity index (χ4n) is 21.3. The summed E-state index contributed by atoms with van der Waals surface area (Å²) in [5.41, 5.74) is 40.7. The van der Waals surface area contributed by atoms with E-state index in [9.17, 15) is 0 Å². The van der Waals surface area contributed by atoms with Gasteiger partial charge in [-0.2, -0.15) is 0 Å². The maximum absolute atomic E-state index is 2.53. The van der Waals surface area contributed by atoms with Crippen LogP contribution in [0.4, 0.5) is 68.2 Å². The Morgan fingerprint density at radius 1 is 0.172 bits per heavy atom. The molecule has 14 aromatic carbocycles. The molecule has 0 fully saturated rings. The average Bonchev–Trinajstić information content (AvgIpc) is 1.54. The first-order chi connectivity index (χ1) is 65.7. The summed E-state index contributed by atoms with van der Waals surface area (Å²) in [5.74, 6) is 0. The molecule has 0 spiro atoms. The number of rotatable bonds is 46. The Morgan fingerprint density at radius 2 is 0.343 bits per heavy atom. The molecule has 0 unspecified atom stereocenters. The van der Waals surface area contributed by atoms with Crippen LogP contribution in [-0.4, -0.2) is 0 Å². The summed E-state index contributed by atoms with van der Waals surface area (Å²) in [6.45, 7) is 27.3. The highest BCUT2D eigenvalue weighted by molar-refractivity contribution is 5.90. The van der Waals surface area contributed by atoms with Crippen molar-refractivity contribution in [3.63, 3.8) is 0 Å². The number of aryl methyl sites for hydroxylation is 10. The van der Waals surface area contributed by atoms with Crippen molar-refractivity contribution in [2.24, 2.45) is 0 Å². The number of anilines is 12. The first-order valence-corrected chi connectivity index (χ1v) is 52.3. The highest BCUT2D eigenvalue weighted by Gasteiger charge is 2.47. The van der Waals surface area contributed by atoms with Gasteiger partial charge in [-0.3, -0.25) is 0 Å². The standard InChI is InChI=1S/C99H106N4.C31H46/c1-9-15-21-75-29-45-83(46-30-75)100(84-47-31-76(32-48-84)22-16-10-2)91-61-65-93(66-62-91)102(87-53-37-79(38-54-87)25-19-13-5)89-57-41-81(42-58-89)99(97-71-73(7)27-69-95(97)96-70-28-74(8)72-98(96)99)82-43-59-90(60-44-82)103(88-55-39-80(40-56-88)26-20-14-6)94-67-63-92(64-68-94)101(85-49-33-77(34-50-85)23-17-11-3)86-51-35-78(36-52-86)24-18-12-4;1-5-7-9-11-13-15-21-31(22-16-14-12-10-8-6-2)29-23-25(3)17-19-27(29)28-20-18-26(4)24-30(28)31/h27-72H,9-26H2,1-8H3;17-20,23-24H,5-16,21-22H2,1-4H3. The molecule has 0 saturated heterocycles. The Morgan fingerprint density at radius 3 is 0.552 bits per heavy atom. The molecule has 14 aromatic rings. The fourth-order valence-corrected chi connectivity index (χ4v) is 21.3. The summed E-state index contributed by atoms with van der Waals surface area (Å²) in [4.78, 5) is 9.74. The van der Waals surface area contributed by atoms with Crippen molar-refractivity contribution in [3.05, 3.63) is 404 Å². The molecule has 16 rings (SSSR count). The second kappa shape index (κ2) is 47.5. The average molecular weight is 1770 g/mol. The van der Waals surface area contributed by atoms with Crippen molar-refractivity contribution < 1.29 is 0 Å². The van der Waals surface area contributed by atoms with E-state index >= 15 is 0 Å². The number of benzene rings is 14. The van der Waals surface area contributed by atoms with E-state index in [1.807, 2.05) is 0 Å². The first kappa shape index (κ1) is 96.8. The zero-order chi connectivity index (χ0) is 93.2. The summed E-state index contributed by atoms with van der Waals surface area (Å²) >= 11 is 0. The molecule has 0 aliphatic heterocycles. The summed E-state index contributed by atoms with van der Waals surface area (Å²) < 4.78 is 0. The Labute approximate surface area is 808 Å². The highest BCUT2D eigenvalue weighted by atomic mass is 15.2. The third kappa shape index (κ3) is 22.7. The Kier molecular flexibility index (Phi) is 34.3. The van der Waals surface area contributed by atoms with Gasteiger partial charge in [0, 0.05) is 73.7 Å². The van der Waals surface area contributed by atoms with Crippen molar-refractivity contribution in [1.29, 1.82) is 0 Å². The van der Waals surface area contributed by atoms with E-state index in [2.05, 4.69) is 418 Å². The monoisotopic (exact) mass is 1770 g/mol. The molecule has 134 heavy (non-hydrogen) atoms. The van der Waals surface area contributed by atoms with Gasteiger partial charge in [0.1, 0.15) is 0 Å². The van der Waals surface area contributed by atoms with E-state index in [4.69, 9.17) is 0 Å². The van der Waals surface area contributed by atoms with E-state index in [-0.39, 0.29) is 5.41 Å². The SMILES string of the molecule is CCCCCCCCC1(CCCCCCCC)c2cc(C)ccc2-c2ccc(C)cc21.CCCCc1ccc(N(c2ccc(CCCC)cc2)c2ccc(N(c3ccc(CCCC)cc3)c3ccc(C4(c5ccc(N(c6ccc(CCCC)cc6)c6ccc(N(c7ccc(CCCC)cc7)c7ccc(CCCC)cc7)cc6)cc5)c5cc(C)ccc5-c5ccc(C)cc54)cc3)cc2)cc1. The molecule has 0 heterocycles. The van der Waals surface area contributed by atoms with Gasteiger partial charge < -0.3 is 19.6 Å². The molecule has 0 N–H and O–H groups in total. The third-order valence-electron chi connectivity index (χ3n) is 29.0. The molecular weight excluding hydrogens is 1620 g/mol. The smallest absolute Gasteiger partial charge is 0.0713 e. The predicted molar refractivity (Wildman–Crippen MR) is 582 cm³/mol. The molecule has 0 atom stereocenters. The van der Waals surface area contributed by atoms with Crippen LogP contribution in [0.2, 0.25) is 0 Å². The molecule has 4 heteroatoms. The van der Waals surface area contributed by atoms with Crippen LogP contribution in [0.1, 0.15) is 311 Å². The van der Waals surface area contributed by atoms with Crippen LogP contribution in [0.25, 0.3) is 22.3 Å². The molecule has 0 amide bonds. The maximum Gasteiger partial charge on any atom is 0.0713 e. The van der Waals surface area contributed by atoms with Gasteiger partial charge in [-0.05, 0) is 352 Å². The van der Waals surface area contributed by atoms with E-state index in [1.54, 1.807) is 11.1 Å². The number of nitrogens with zero attached hydrogens (tertiary/aromatic N) is 4. The summed E-state index contributed by atoms with van der Waals surface area (Å²) in [7, 11) is 0. The number of hydrogen-bond donors (Lipinski definition) is 0. The molecule has 0 aromatic heterocycles. The maximum atomic E-state index is 2.53. The van der Waals surface area contributed by atoms with Crippen molar-refractivity contribution in [2.45, 2.75) is 299 Å². The summed E-state index contributed by atoms with van der Waals surface area (Å²) in [6.07, 6.45) is 39.9. The van der Waals surface area contributed by atoms with E-state index in [0.717, 1.165) is 107 Å². The fraction of sp³-hybridized carbons (Fsp3) is 0.354. The molecule has 0 radical (unpaired) electrons. The number of unbranched alkanes of at least 4 members (excludes halogenated alkanes) is 16. The van der Waals surface area contributed by atoms with Crippen molar-refractivity contribution in [2.75, 3.05) is 19.6 Å². The van der Waals surface area contributed by atoms with E-state index in [1.165, 1.54) is 267 Å². The Bertz CT molecular complexity index is 5500. The predicted octanol–water partition coefficient (Wildman–Crippen LogP) is 38.7. The van der Waals surface area contributed by atoms with Crippen LogP contribution < -0.4 is 19.6 Å². The van der Waals surface area contributed by atoms with Gasteiger partial charge in [-0.15, -0.1) is 0 Å². The van der Waals surface area contributed by atoms with Crippen LogP contribution in [0, 0.1) is 27.7 Å². The van der Waals surface area contributed by atoms with Crippen LogP contribution in [0.3, 0.4) is 0 Å². The molecule has 2 aliphatic rings. The minimum absolute atomic E-state index is 0.234. The van der Waals surface area contributed by atoms with Gasteiger partial charge >= 0.3 is 0 Å². The third-order valence-corrected chi connectivity index (χ3v) is 29.0. The summed E-state index contributed by atoms with van der Waals surface area (Å²) in [5, 5.41) is 0. The molecule has 0 bridgehead atoms. The normalized spacial score (nSPS) is 12.5. The largest absolute Gasteiger partial charge is 0.311 e. The van der Waals surface area contributed by atoms with Crippen LogP contribution >= 0.6 is 0 Å². The lowest BCUT2D eigenvalue weighted by atomic mass is 9.67. The molecular formula is C130H152N4. The molecule has 4 nitrogen and oxygen atoms in total. The van der Waals surface area contributed by atoms with Gasteiger partial charge in [0.15, 0.2) is 0 Å². The lowest BCUT2D eigenvalue weighted by Crippen LogP contribution is -2.29. The minimum Gasteiger partial charge on any atom is -0.311 e. The topological polar surface area (TPSA) is 13.0 Å². The zero-order valence-electron chi connectivity index (χ0n) is 83.4. The van der Waals surface area contributed by atoms with Crippen molar-refractivity contribution in [1.82, 2.24) is 0 Å². The summed E-state index contributed by atoms with van der Waals surface area (Å²) in [6, 6.07) is 122. The van der Waals surface area contributed by atoms with Crippen LogP contribution in [0.5, 0.6) is 0 Å². The van der Waals surface area contributed by atoms with Gasteiger partial charge in [0.25, 0.3) is 0 Å². The number of hydrogen-bond acceptors (Lipinski definition) is 4. The number of fused-ring (bicyclic) bond motifs is 6. The zero-order valence-corrected chi connectivity index (χ0v) is 83.4. The molecule has 692 valence electrons. The second-order valence-corrected chi connectivity index (χ2v) is 39.2. The minimum atomic E-state index is -0.641. The second-order valence-electron chi connectivity index (χ2n) is 39.2. The lowest BCUT2D eigenvalue weighted by Gasteiger charge is -2.35. The van der Waals surface area contributed by atoms with Gasteiger partial charge in [-0.25, -0.2) is 0 Å². The highest BCUT2D eigenvalue weighted by Crippen LogP contribution is 2.59.